The predicted octanol–water partition coefficient (Wildman–Crippen LogP) is -1.49. The Bertz CT molecular complexity index is 64.3. The van der Waals surface area contributed by atoms with Gasteiger partial charge in [0.05, 0.1) is 0 Å². The van der Waals surface area contributed by atoms with Gasteiger partial charge in [-0.3, -0.25) is 0 Å². The Hall–Kier alpha value is -0.0505. The van der Waals surface area contributed by atoms with Crippen LogP contribution in [0.3, 0.4) is 0 Å². The van der Waals surface area contributed by atoms with Crippen molar-refractivity contribution in [3.05, 3.63) is 0 Å². The molecule has 0 aliphatic carbocycles. The number of carbonyl (C=O) groups is 1. The van der Waals surface area contributed by atoms with Crippen LogP contribution in [0, 0.1) is 0 Å². The number of carboxylic acids is 1. The molecule has 0 aromatic rings. The zero-order valence-electron chi connectivity index (χ0n) is 4.19. The van der Waals surface area contributed by atoms with Crippen molar-refractivity contribution < 1.29 is 32.1 Å². The maximum absolute atomic E-state index is 9.54. The standard InChI is InChI=1S/C4H8O3.Cu/c5-3-1-2-4(6)7;/h5H,1-3H2,(H,6,7);/q;+1/p-1. The molecule has 0 rings (SSSR count). The summed E-state index contributed by atoms with van der Waals surface area (Å²) in [6.07, 6.45) is 0.249. The molecule has 0 amide bonds. The van der Waals surface area contributed by atoms with E-state index in [4.69, 9.17) is 5.11 Å². The van der Waals surface area contributed by atoms with Gasteiger partial charge in [0.1, 0.15) is 0 Å². The van der Waals surface area contributed by atoms with Crippen LogP contribution >= 0.6 is 0 Å². The molecule has 0 saturated carbocycles. The molecule has 8 heavy (non-hydrogen) atoms. The van der Waals surface area contributed by atoms with Crippen molar-refractivity contribution in [2.75, 3.05) is 6.61 Å². The van der Waals surface area contributed by atoms with Crippen molar-refractivity contribution in [3.63, 3.8) is 0 Å². The molecule has 4 heteroatoms. The summed E-state index contributed by atoms with van der Waals surface area (Å²) in [5.41, 5.74) is 0. The molecule has 0 bridgehead atoms. The summed E-state index contributed by atoms with van der Waals surface area (Å²) >= 11 is 0. The Balaban J connectivity index is 0. The van der Waals surface area contributed by atoms with Crippen molar-refractivity contribution in [2.24, 2.45) is 0 Å². The van der Waals surface area contributed by atoms with Crippen LogP contribution in [0.25, 0.3) is 0 Å². The number of hydrogen-bond acceptors (Lipinski definition) is 3. The van der Waals surface area contributed by atoms with E-state index in [1.165, 1.54) is 0 Å². The molecule has 0 unspecified atom stereocenters. The molecule has 0 spiro atoms. The van der Waals surface area contributed by atoms with E-state index < -0.39 is 5.97 Å². The third-order valence-corrected chi connectivity index (χ3v) is 0.539. The smallest absolute Gasteiger partial charge is 0.550 e. The van der Waals surface area contributed by atoms with E-state index in [2.05, 4.69) is 0 Å². The largest absolute Gasteiger partial charge is 1.00 e. The van der Waals surface area contributed by atoms with Gasteiger partial charge in [-0.25, -0.2) is 0 Å². The summed E-state index contributed by atoms with van der Waals surface area (Å²) in [7, 11) is 0. The second-order valence-corrected chi connectivity index (χ2v) is 1.20. The van der Waals surface area contributed by atoms with Crippen molar-refractivity contribution in [1.29, 1.82) is 0 Å². The summed E-state index contributed by atoms with van der Waals surface area (Å²) < 4.78 is 0. The maximum atomic E-state index is 9.54. The minimum atomic E-state index is -1.10. The topological polar surface area (TPSA) is 60.4 Å². The van der Waals surface area contributed by atoms with E-state index in [9.17, 15) is 9.90 Å². The fourth-order valence-corrected chi connectivity index (χ4v) is 0.223. The molecule has 0 aliphatic heterocycles. The van der Waals surface area contributed by atoms with E-state index >= 15 is 0 Å². The monoisotopic (exact) mass is 166 g/mol. The quantitative estimate of drug-likeness (QED) is 0.520. The van der Waals surface area contributed by atoms with Crippen LogP contribution < -0.4 is 5.11 Å². The van der Waals surface area contributed by atoms with Crippen LogP contribution in [0.2, 0.25) is 0 Å². The number of aliphatic hydroxyl groups excluding tert-OH is 1. The van der Waals surface area contributed by atoms with Gasteiger partial charge in [0.15, 0.2) is 0 Å². The second-order valence-electron chi connectivity index (χ2n) is 1.20. The number of aliphatic carboxylic acids is 1. The Morgan fingerprint density at radius 1 is 1.62 bits per heavy atom. The first-order chi connectivity index (χ1) is 3.27. The first kappa shape index (κ1) is 10.8. The first-order valence-electron chi connectivity index (χ1n) is 2.08. The molecule has 0 aromatic carbocycles. The van der Waals surface area contributed by atoms with Gasteiger partial charge < -0.3 is 15.0 Å². The van der Waals surface area contributed by atoms with Gasteiger partial charge in [0.2, 0.25) is 0 Å². The average Bonchev–Trinajstić information content (AvgIpc) is 1.61. The Morgan fingerprint density at radius 3 is 2.25 bits per heavy atom. The molecule has 0 atom stereocenters. The van der Waals surface area contributed by atoms with E-state index in [1.807, 2.05) is 0 Å². The molecule has 0 fully saturated rings. The molecule has 1 N–H and O–H groups in total. The number of carboxylic acid groups (broad SMARTS) is 1. The van der Waals surface area contributed by atoms with Gasteiger partial charge in [-0.2, -0.15) is 0 Å². The summed E-state index contributed by atoms with van der Waals surface area (Å²) in [5, 5.41) is 17.6. The van der Waals surface area contributed by atoms with Crippen molar-refractivity contribution in [2.45, 2.75) is 12.8 Å². The van der Waals surface area contributed by atoms with Gasteiger partial charge in [-0.1, -0.05) is 0 Å². The fraction of sp³-hybridized carbons (Fsp3) is 0.750. The molecule has 0 aliphatic rings. The van der Waals surface area contributed by atoms with Gasteiger partial charge in [-0.15, -0.1) is 0 Å². The van der Waals surface area contributed by atoms with E-state index in [-0.39, 0.29) is 30.1 Å². The van der Waals surface area contributed by atoms with Crippen LogP contribution in [0.15, 0.2) is 0 Å². The third-order valence-electron chi connectivity index (χ3n) is 0.539. The van der Waals surface area contributed by atoms with Crippen LogP contribution in [-0.4, -0.2) is 17.7 Å². The van der Waals surface area contributed by atoms with E-state index in [0.29, 0.717) is 6.42 Å². The summed E-state index contributed by atoms with van der Waals surface area (Å²) in [4.78, 5) is 9.54. The number of aliphatic hydroxyl groups is 1. The molecule has 0 radical (unpaired) electrons. The Kier molecular flexibility index (Phi) is 9.42. The number of rotatable bonds is 3. The summed E-state index contributed by atoms with van der Waals surface area (Å²) in [6, 6.07) is 0. The minimum absolute atomic E-state index is 0. The SMILES string of the molecule is O=C([O-])CCCO.[Cu+]. The van der Waals surface area contributed by atoms with Crippen LogP contribution in [-0.2, 0) is 21.9 Å². The van der Waals surface area contributed by atoms with Gasteiger partial charge in [-0.05, 0) is 12.8 Å². The van der Waals surface area contributed by atoms with Gasteiger partial charge in [0, 0.05) is 12.6 Å². The number of hydrogen-bond donors (Lipinski definition) is 1. The summed E-state index contributed by atoms with van der Waals surface area (Å²) in [5.74, 6) is -1.10. The van der Waals surface area contributed by atoms with Crippen molar-refractivity contribution >= 4 is 5.97 Å². The average molecular weight is 167 g/mol. The molecule has 0 saturated heterocycles. The van der Waals surface area contributed by atoms with E-state index in [1.54, 1.807) is 0 Å². The molecule has 3 nitrogen and oxygen atoms in total. The normalized spacial score (nSPS) is 7.62. The second kappa shape index (κ2) is 6.95. The van der Waals surface area contributed by atoms with Crippen molar-refractivity contribution in [3.8, 4) is 0 Å². The zero-order valence-corrected chi connectivity index (χ0v) is 5.13. The fourth-order valence-electron chi connectivity index (χ4n) is 0.223. The molecular weight excluding hydrogens is 160 g/mol. The van der Waals surface area contributed by atoms with Crippen LogP contribution in [0.1, 0.15) is 12.8 Å². The first-order valence-corrected chi connectivity index (χ1v) is 2.08. The van der Waals surface area contributed by atoms with E-state index in [0.717, 1.165) is 0 Å². The van der Waals surface area contributed by atoms with Crippen molar-refractivity contribution in [1.82, 2.24) is 0 Å². The molecule has 0 aromatic heterocycles. The van der Waals surface area contributed by atoms with Gasteiger partial charge in [0.25, 0.3) is 0 Å². The summed E-state index contributed by atoms with van der Waals surface area (Å²) in [6.45, 7) is -0.0754. The third kappa shape index (κ3) is 9.34. The van der Waals surface area contributed by atoms with Crippen LogP contribution in [0.4, 0.5) is 0 Å². The maximum Gasteiger partial charge on any atom is 1.00 e. The predicted molar refractivity (Wildman–Crippen MR) is 21.3 cm³/mol. The van der Waals surface area contributed by atoms with Gasteiger partial charge >= 0.3 is 17.1 Å². The molecular formula is C4H7CuO3. The minimum Gasteiger partial charge on any atom is -0.550 e. The van der Waals surface area contributed by atoms with Crippen LogP contribution in [0.5, 0.6) is 0 Å². The molecule has 0 heterocycles. The molecule has 52 valence electrons. The Labute approximate surface area is 58.2 Å². The zero-order chi connectivity index (χ0) is 5.70. The Morgan fingerprint density at radius 2 is 2.12 bits per heavy atom. The number of carbonyl (C=O) groups excluding carboxylic acids is 1.